The molecular weight excluding hydrogens is 304 g/mol. The van der Waals surface area contributed by atoms with Crippen LogP contribution in [0, 0.1) is 0 Å². The van der Waals surface area contributed by atoms with Gasteiger partial charge in [-0.25, -0.2) is 0 Å². The molecule has 0 aromatic heterocycles. The first-order valence-electron chi connectivity index (χ1n) is 8.77. The molecule has 0 radical (unpaired) electrons. The Hall–Kier alpha value is -1.72. The number of ketones is 1. The van der Waals surface area contributed by atoms with Crippen molar-refractivity contribution in [2.45, 2.75) is 58.2 Å². The molecule has 1 aliphatic rings. The summed E-state index contributed by atoms with van der Waals surface area (Å²) < 4.78 is 5.47. The van der Waals surface area contributed by atoms with Crippen molar-refractivity contribution < 1.29 is 14.3 Å². The molecule has 1 amide bonds. The lowest BCUT2D eigenvalue weighted by Gasteiger charge is -2.26. The maximum Gasteiger partial charge on any atom is 0.261 e. The second kappa shape index (κ2) is 8.40. The summed E-state index contributed by atoms with van der Waals surface area (Å²) in [5, 5.41) is 6.03. The van der Waals surface area contributed by atoms with Crippen molar-refractivity contribution in [2.75, 3.05) is 18.9 Å². The van der Waals surface area contributed by atoms with Gasteiger partial charge >= 0.3 is 0 Å². The first-order valence-corrected chi connectivity index (χ1v) is 8.77. The second-order valence-corrected chi connectivity index (χ2v) is 6.60. The Balaban J connectivity index is 2.26. The van der Waals surface area contributed by atoms with E-state index in [9.17, 15) is 9.59 Å². The zero-order valence-corrected chi connectivity index (χ0v) is 15.0. The van der Waals surface area contributed by atoms with Gasteiger partial charge in [-0.05, 0) is 63.9 Å². The highest BCUT2D eigenvalue weighted by Crippen LogP contribution is 2.31. The Morgan fingerprint density at radius 2 is 2.00 bits per heavy atom. The van der Waals surface area contributed by atoms with E-state index < -0.39 is 6.10 Å². The Kier molecular flexibility index (Phi) is 6.52. The van der Waals surface area contributed by atoms with Crippen LogP contribution >= 0.6 is 0 Å². The number of fused-ring (bicyclic) bond motifs is 1. The molecule has 0 saturated heterocycles. The van der Waals surface area contributed by atoms with Gasteiger partial charge in [0.25, 0.3) is 5.91 Å². The average Bonchev–Trinajstić information content (AvgIpc) is 2.54. The molecule has 24 heavy (non-hydrogen) atoms. The topological polar surface area (TPSA) is 67.4 Å². The highest BCUT2D eigenvalue weighted by atomic mass is 16.5. The Morgan fingerprint density at radius 1 is 1.25 bits per heavy atom. The summed E-state index contributed by atoms with van der Waals surface area (Å²) in [6.07, 6.45) is 1.99. The van der Waals surface area contributed by atoms with Crippen molar-refractivity contribution in [3.05, 3.63) is 29.3 Å². The number of ether oxygens (including phenoxy) is 1. The fraction of sp³-hybridized carbons (Fsp3) is 0.579. The van der Waals surface area contributed by atoms with Gasteiger partial charge in [0.1, 0.15) is 0 Å². The van der Waals surface area contributed by atoms with Crippen LogP contribution in [-0.2, 0) is 9.53 Å². The zero-order chi connectivity index (χ0) is 17.7. The van der Waals surface area contributed by atoms with Gasteiger partial charge in [0.15, 0.2) is 6.10 Å². The second-order valence-electron chi connectivity index (χ2n) is 6.60. The van der Waals surface area contributed by atoms with Gasteiger partial charge in [-0.1, -0.05) is 19.4 Å². The van der Waals surface area contributed by atoms with Crippen LogP contribution < -0.4 is 10.6 Å². The third-order valence-corrected chi connectivity index (χ3v) is 4.30. The van der Waals surface area contributed by atoms with Gasteiger partial charge in [-0.15, -0.1) is 0 Å². The fourth-order valence-corrected chi connectivity index (χ4v) is 3.13. The first-order chi connectivity index (χ1) is 11.5. The SMILES string of the molecule is CCCC(CCNC)c1ccc2c(c1)NC(=O)C(OC(C)C)C2=O. The van der Waals surface area contributed by atoms with Crippen LogP contribution in [0.3, 0.4) is 0 Å². The van der Waals surface area contributed by atoms with Crippen LogP contribution in [0.2, 0.25) is 0 Å². The number of benzene rings is 1. The molecule has 1 aliphatic heterocycles. The average molecular weight is 332 g/mol. The number of carbonyl (C=O) groups excluding carboxylic acids is 2. The van der Waals surface area contributed by atoms with E-state index in [1.54, 1.807) is 0 Å². The summed E-state index contributed by atoms with van der Waals surface area (Å²) >= 11 is 0. The van der Waals surface area contributed by atoms with Gasteiger partial charge in [0.05, 0.1) is 11.8 Å². The lowest BCUT2D eigenvalue weighted by atomic mass is 9.88. The summed E-state index contributed by atoms with van der Waals surface area (Å²) in [5.74, 6) is -0.207. The largest absolute Gasteiger partial charge is 0.358 e. The molecule has 2 atom stereocenters. The molecule has 0 fully saturated rings. The summed E-state index contributed by atoms with van der Waals surface area (Å²) in [6, 6.07) is 5.79. The lowest BCUT2D eigenvalue weighted by Crippen LogP contribution is -2.43. The standard InChI is InChI=1S/C19H28N2O3/c1-5-6-13(9-10-20-4)14-7-8-15-16(11-14)21-19(23)18(17(15)22)24-12(2)3/h7-8,11-13,18,20H,5-6,9-10H2,1-4H3,(H,21,23). The van der Waals surface area contributed by atoms with Crippen molar-refractivity contribution in [2.24, 2.45) is 0 Å². The van der Waals surface area contributed by atoms with E-state index in [1.165, 1.54) is 5.56 Å². The smallest absolute Gasteiger partial charge is 0.261 e. The molecule has 2 unspecified atom stereocenters. The van der Waals surface area contributed by atoms with Gasteiger partial charge in [0, 0.05) is 5.56 Å². The predicted octanol–water partition coefficient (Wildman–Crippen LogP) is 3.11. The number of anilines is 1. The van der Waals surface area contributed by atoms with E-state index >= 15 is 0 Å². The summed E-state index contributed by atoms with van der Waals surface area (Å²) in [4.78, 5) is 24.8. The number of nitrogens with one attached hydrogen (secondary N) is 2. The minimum atomic E-state index is -1.04. The van der Waals surface area contributed by atoms with Gasteiger partial charge < -0.3 is 15.4 Å². The van der Waals surface area contributed by atoms with Crippen LogP contribution in [0.25, 0.3) is 0 Å². The molecule has 0 saturated carbocycles. The Bertz CT molecular complexity index is 598. The lowest BCUT2D eigenvalue weighted by molar-refractivity contribution is -0.127. The first kappa shape index (κ1) is 18.6. The molecule has 0 bridgehead atoms. The van der Waals surface area contributed by atoms with E-state index in [4.69, 9.17) is 4.74 Å². The molecule has 5 nitrogen and oxygen atoms in total. The number of amides is 1. The number of rotatable bonds is 8. The fourth-order valence-electron chi connectivity index (χ4n) is 3.13. The van der Waals surface area contributed by atoms with E-state index in [-0.39, 0.29) is 17.8 Å². The summed E-state index contributed by atoms with van der Waals surface area (Å²) in [7, 11) is 1.95. The Morgan fingerprint density at radius 3 is 2.62 bits per heavy atom. The number of Topliss-reactive ketones (excluding diaryl/α,β-unsaturated/α-hetero) is 1. The number of hydrogen-bond acceptors (Lipinski definition) is 4. The minimum absolute atomic E-state index is 0.180. The van der Waals surface area contributed by atoms with Crippen LogP contribution in [-0.4, -0.2) is 37.5 Å². The number of carbonyl (C=O) groups is 2. The van der Waals surface area contributed by atoms with Crippen molar-refractivity contribution in [3.8, 4) is 0 Å². The molecule has 5 heteroatoms. The predicted molar refractivity (Wildman–Crippen MR) is 95.6 cm³/mol. The monoisotopic (exact) mass is 332 g/mol. The van der Waals surface area contributed by atoms with Crippen molar-refractivity contribution >= 4 is 17.4 Å². The normalized spacial score (nSPS) is 18.5. The van der Waals surface area contributed by atoms with Crippen LogP contribution in [0.5, 0.6) is 0 Å². The third kappa shape index (κ3) is 4.22. The quantitative estimate of drug-likeness (QED) is 0.718. The van der Waals surface area contributed by atoms with Crippen molar-refractivity contribution in [1.82, 2.24) is 5.32 Å². The molecule has 0 spiro atoms. The zero-order valence-electron chi connectivity index (χ0n) is 15.0. The van der Waals surface area contributed by atoms with E-state index in [1.807, 2.05) is 39.1 Å². The third-order valence-electron chi connectivity index (χ3n) is 4.30. The van der Waals surface area contributed by atoms with Crippen molar-refractivity contribution in [1.29, 1.82) is 0 Å². The Labute approximate surface area is 144 Å². The van der Waals surface area contributed by atoms with Gasteiger partial charge in [0.2, 0.25) is 5.78 Å². The highest BCUT2D eigenvalue weighted by Gasteiger charge is 2.36. The number of hydrogen-bond donors (Lipinski definition) is 2. The van der Waals surface area contributed by atoms with Gasteiger partial charge in [-0.2, -0.15) is 0 Å². The highest BCUT2D eigenvalue weighted by molar-refractivity contribution is 6.23. The molecule has 2 N–H and O–H groups in total. The van der Waals surface area contributed by atoms with E-state index in [0.717, 1.165) is 25.8 Å². The maximum atomic E-state index is 12.5. The van der Waals surface area contributed by atoms with Crippen molar-refractivity contribution in [3.63, 3.8) is 0 Å². The molecular formula is C19H28N2O3. The summed E-state index contributed by atoms with van der Waals surface area (Å²) in [6.45, 7) is 6.74. The molecule has 132 valence electrons. The summed E-state index contributed by atoms with van der Waals surface area (Å²) in [5.41, 5.74) is 2.31. The van der Waals surface area contributed by atoms with Crippen LogP contribution in [0.15, 0.2) is 18.2 Å². The van der Waals surface area contributed by atoms with E-state index in [0.29, 0.717) is 17.2 Å². The molecule has 1 aromatic rings. The van der Waals surface area contributed by atoms with E-state index in [2.05, 4.69) is 17.6 Å². The molecule has 0 aliphatic carbocycles. The molecule has 1 aromatic carbocycles. The van der Waals surface area contributed by atoms with Crippen LogP contribution in [0.1, 0.15) is 61.9 Å². The molecule has 1 heterocycles. The minimum Gasteiger partial charge on any atom is -0.358 e. The van der Waals surface area contributed by atoms with Crippen LogP contribution in [0.4, 0.5) is 5.69 Å². The molecule has 2 rings (SSSR count). The van der Waals surface area contributed by atoms with Gasteiger partial charge in [-0.3, -0.25) is 9.59 Å². The maximum absolute atomic E-state index is 12.5.